The van der Waals surface area contributed by atoms with Gasteiger partial charge in [-0.2, -0.15) is 4.31 Å². The van der Waals surface area contributed by atoms with Crippen molar-refractivity contribution in [2.45, 2.75) is 37.6 Å². The molecule has 1 aromatic rings. The van der Waals surface area contributed by atoms with Crippen molar-refractivity contribution in [1.82, 2.24) is 9.21 Å². The number of sulfone groups is 1. The maximum atomic E-state index is 13.2. The third kappa shape index (κ3) is 5.51. The van der Waals surface area contributed by atoms with E-state index in [2.05, 4.69) is 34.7 Å². The zero-order chi connectivity index (χ0) is 19.4. The van der Waals surface area contributed by atoms with Gasteiger partial charge in [0.2, 0.25) is 10.0 Å². The zero-order valence-electron chi connectivity index (χ0n) is 15.3. The Labute approximate surface area is 165 Å². The highest BCUT2D eigenvalue weighted by atomic mass is 79.9. The van der Waals surface area contributed by atoms with Crippen molar-refractivity contribution in [2.75, 3.05) is 37.7 Å². The van der Waals surface area contributed by atoms with Crippen LogP contribution in [0.3, 0.4) is 0 Å². The maximum Gasteiger partial charge on any atom is 0.243 e. The molecule has 9 heteroatoms. The van der Waals surface area contributed by atoms with E-state index in [1.807, 2.05) is 0 Å². The molecule has 1 saturated heterocycles. The molecule has 0 unspecified atom stereocenters. The highest BCUT2D eigenvalue weighted by Gasteiger charge is 2.38. The molecule has 1 aromatic carbocycles. The van der Waals surface area contributed by atoms with Gasteiger partial charge in [-0.1, -0.05) is 29.8 Å². The highest BCUT2D eigenvalue weighted by molar-refractivity contribution is 9.10. The number of halogens is 1. The van der Waals surface area contributed by atoms with Crippen molar-refractivity contribution in [2.24, 2.45) is 0 Å². The monoisotopic (exact) mass is 466 g/mol. The summed E-state index contributed by atoms with van der Waals surface area (Å²) in [6.07, 6.45) is 1.04. The van der Waals surface area contributed by atoms with Gasteiger partial charge in [0, 0.05) is 17.1 Å². The Morgan fingerprint density at radius 1 is 1.12 bits per heavy atom. The van der Waals surface area contributed by atoms with Crippen LogP contribution in [0.5, 0.6) is 0 Å². The van der Waals surface area contributed by atoms with Crippen LogP contribution < -0.4 is 0 Å². The van der Waals surface area contributed by atoms with E-state index >= 15 is 0 Å². The first kappa shape index (κ1) is 21.8. The van der Waals surface area contributed by atoms with Gasteiger partial charge in [-0.15, -0.1) is 0 Å². The van der Waals surface area contributed by atoms with Crippen molar-refractivity contribution in [1.29, 1.82) is 0 Å². The lowest BCUT2D eigenvalue weighted by molar-refractivity contribution is 0.269. The van der Waals surface area contributed by atoms with Gasteiger partial charge < -0.3 is 4.90 Å². The van der Waals surface area contributed by atoms with E-state index in [0.717, 1.165) is 24.1 Å². The third-order valence-corrected chi connectivity index (χ3v) is 9.03. The average Bonchev–Trinajstić information content (AvgIpc) is 2.94. The number of hydrogen-bond donors (Lipinski definition) is 0. The summed E-state index contributed by atoms with van der Waals surface area (Å²) in [5.41, 5.74) is 0. The summed E-state index contributed by atoms with van der Waals surface area (Å²) in [5.74, 6) is -0.0336. The summed E-state index contributed by atoms with van der Waals surface area (Å²) in [6, 6.07) is 6.00. The molecule has 1 atom stereocenters. The van der Waals surface area contributed by atoms with Gasteiger partial charge in [0.15, 0.2) is 9.84 Å². The van der Waals surface area contributed by atoms with Gasteiger partial charge in [-0.3, -0.25) is 0 Å². The minimum atomic E-state index is -3.73. The fraction of sp³-hybridized carbons (Fsp3) is 0.647. The third-order valence-electron chi connectivity index (χ3n) is 4.78. The molecular weight excluding hydrogens is 440 g/mol. The number of rotatable bonds is 9. The van der Waals surface area contributed by atoms with Gasteiger partial charge in [-0.25, -0.2) is 16.8 Å². The maximum absolute atomic E-state index is 13.2. The molecule has 1 aliphatic rings. The van der Waals surface area contributed by atoms with Crippen LogP contribution in [-0.2, 0) is 19.9 Å². The second kappa shape index (κ2) is 9.14. The molecule has 2 rings (SSSR count). The lowest BCUT2D eigenvalue weighted by atomic mass is 10.2. The van der Waals surface area contributed by atoms with Crippen LogP contribution in [-0.4, -0.2) is 69.8 Å². The molecule has 0 aliphatic carbocycles. The molecule has 1 heterocycles. The van der Waals surface area contributed by atoms with Crippen LogP contribution in [0.15, 0.2) is 33.6 Å². The van der Waals surface area contributed by atoms with Gasteiger partial charge in [0.05, 0.1) is 16.4 Å². The van der Waals surface area contributed by atoms with Crippen molar-refractivity contribution in [3.63, 3.8) is 0 Å². The number of benzene rings is 1. The summed E-state index contributed by atoms with van der Waals surface area (Å²) < 4.78 is 52.3. The van der Waals surface area contributed by atoms with Crippen LogP contribution in [0.1, 0.15) is 26.7 Å². The number of hydrogen-bond acceptors (Lipinski definition) is 5. The number of sulfonamides is 1. The molecule has 0 saturated carbocycles. The lowest BCUT2D eigenvalue weighted by Crippen LogP contribution is -2.42. The second-order valence-electron chi connectivity index (χ2n) is 6.51. The highest BCUT2D eigenvalue weighted by Crippen LogP contribution is 2.26. The molecule has 0 N–H and O–H groups in total. The molecule has 148 valence electrons. The average molecular weight is 467 g/mol. The Balaban J connectivity index is 2.23. The van der Waals surface area contributed by atoms with E-state index in [1.54, 1.807) is 24.3 Å². The standard InChI is InChI=1S/C17H27BrN2O4S2/c1-3-19(4-2)11-5-12-20(16-10-13-25(21,22)14-16)26(23,24)17-8-6-15(18)7-9-17/h6-9,16H,3-5,10-14H2,1-2H3/t16-/m1/s1. The fourth-order valence-electron chi connectivity index (χ4n) is 3.23. The van der Waals surface area contributed by atoms with E-state index in [-0.39, 0.29) is 16.4 Å². The normalized spacial score (nSPS) is 20.1. The Bertz CT molecular complexity index is 791. The quantitative estimate of drug-likeness (QED) is 0.558. The minimum absolute atomic E-state index is 0.0556. The van der Waals surface area contributed by atoms with Gasteiger partial charge >= 0.3 is 0 Å². The van der Waals surface area contributed by atoms with Gasteiger partial charge in [-0.05, 0) is 56.7 Å². The topological polar surface area (TPSA) is 74.8 Å². The van der Waals surface area contributed by atoms with Crippen LogP contribution >= 0.6 is 15.9 Å². The van der Waals surface area contributed by atoms with Crippen LogP contribution in [0.25, 0.3) is 0 Å². The van der Waals surface area contributed by atoms with Crippen molar-refractivity contribution in [3.8, 4) is 0 Å². The van der Waals surface area contributed by atoms with E-state index in [4.69, 9.17) is 0 Å². The van der Waals surface area contributed by atoms with E-state index < -0.39 is 25.9 Å². The predicted molar refractivity (Wildman–Crippen MR) is 107 cm³/mol. The van der Waals surface area contributed by atoms with Crippen LogP contribution in [0, 0.1) is 0 Å². The largest absolute Gasteiger partial charge is 0.304 e. The summed E-state index contributed by atoms with van der Waals surface area (Å²) in [6.45, 7) is 7.09. The summed E-state index contributed by atoms with van der Waals surface area (Å²) in [5, 5.41) is 0. The second-order valence-corrected chi connectivity index (χ2v) is 11.5. The molecule has 26 heavy (non-hydrogen) atoms. The molecule has 6 nitrogen and oxygen atoms in total. The van der Waals surface area contributed by atoms with Crippen LogP contribution in [0.4, 0.5) is 0 Å². The molecular formula is C17H27BrN2O4S2. The first-order valence-corrected chi connectivity index (χ1v) is 12.9. The van der Waals surface area contributed by atoms with Gasteiger partial charge in [0.25, 0.3) is 0 Å². The molecule has 0 bridgehead atoms. The van der Waals surface area contributed by atoms with E-state index in [1.165, 1.54) is 4.31 Å². The number of nitrogens with zero attached hydrogens (tertiary/aromatic N) is 2. The first-order chi connectivity index (χ1) is 12.2. The zero-order valence-corrected chi connectivity index (χ0v) is 18.5. The molecule has 1 aliphatic heterocycles. The Hall–Kier alpha value is -0.480. The predicted octanol–water partition coefficient (Wildman–Crippen LogP) is 2.36. The minimum Gasteiger partial charge on any atom is -0.304 e. The Morgan fingerprint density at radius 2 is 1.73 bits per heavy atom. The van der Waals surface area contributed by atoms with Crippen molar-refractivity contribution >= 4 is 35.8 Å². The van der Waals surface area contributed by atoms with E-state index in [9.17, 15) is 16.8 Å². The van der Waals surface area contributed by atoms with Crippen LogP contribution in [0.2, 0.25) is 0 Å². The molecule has 0 spiro atoms. The van der Waals surface area contributed by atoms with E-state index in [0.29, 0.717) is 19.4 Å². The Morgan fingerprint density at radius 3 is 2.23 bits per heavy atom. The first-order valence-electron chi connectivity index (χ1n) is 8.89. The molecule has 0 amide bonds. The van der Waals surface area contributed by atoms with Gasteiger partial charge in [0.1, 0.15) is 0 Å². The Kier molecular flexibility index (Phi) is 7.67. The summed E-state index contributed by atoms with van der Waals surface area (Å²) in [7, 11) is -6.90. The van der Waals surface area contributed by atoms with Crippen molar-refractivity contribution < 1.29 is 16.8 Å². The SMILES string of the molecule is CCN(CC)CCCN([C@@H]1CCS(=O)(=O)C1)S(=O)(=O)c1ccc(Br)cc1. The summed E-state index contributed by atoms with van der Waals surface area (Å²) >= 11 is 3.31. The van der Waals surface area contributed by atoms with Crippen molar-refractivity contribution in [3.05, 3.63) is 28.7 Å². The molecule has 0 aromatic heterocycles. The molecule has 1 fully saturated rings. The molecule has 0 radical (unpaired) electrons. The summed E-state index contributed by atoms with van der Waals surface area (Å²) in [4.78, 5) is 2.43. The fourth-order valence-corrected chi connectivity index (χ4v) is 7.02. The lowest BCUT2D eigenvalue weighted by Gasteiger charge is -2.28. The smallest absolute Gasteiger partial charge is 0.243 e.